The Morgan fingerprint density at radius 2 is 1.63 bits per heavy atom. The number of likely N-dealkylation sites (tertiary alicyclic amines) is 2. The molecule has 0 amide bonds. The number of halogens is 1. The summed E-state index contributed by atoms with van der Waals surface area (Å²) in [7, 11) is 0. The van der Waals surface area contributed by atoms with Crippen LogP contribution in [-0.2, 0) is 0 Å². The third-order valence-corrected chi connectivity index (χ3v) is 5.28. The zero-order valence-electron chi connectivity index (χ0n) is 13.0. The number of alkyl halides is 1. The summed E-state index contributed by atoms with van der Waals surface area (Å²) in [5.41, 5.74) is -0.920. The zero-order chi connectivity index (χ0) is 13.9. The summed E-state index contributed by atoms with van der Waals surface area (Å²) in [6.45, 7) is 12.6. The first-order valence-electron chi connectivity index (χ1n) is 8.16. The minimum atomic E-state index is -0.920. The molecular formula is C16H31FN2. The van der Waals surface area contributed by atoms with Crippen LogP contribution in [0.2, 0.25) is 0 Å². The van der Waals surface area contributed by atoms with Gasteiger partial charge in [-0.15, -0.1) is 0 Å². The van der Waals surface area contributed by atoms with Crippen LogP contribution < -0.4 is 0 Å². The summed E-state index contributed by atoms with van der Waals surface area (Å²) in [5.74, 6) is 1.64. The van der Waals surface area contributed by atoms with Gasteiger partial charge in [-0.25, -0.2) is 4.39 Å². The molecule has 0 saturated carbocycles. The van der Waals surface area contributed by atoms with E-state index in [0.29, 0.717) is 6.54 Å². The maximum absolute atomic E-state index is 14.9. The van der Waals surface area contributed by atoms with Crippen LogP contribution in [-0.4, -0.2) is 54.7 Å². The van der Waals surface area contributed by atoms with E-state index in [-0.39, 0.29) is 0 Å². The second-order valence-corrected chi connectivity index (χ2v) is 6.94. The van der Waals surface area contributed by atoms with Gasteiger partial charge in [0.05, 0.1) is 0 Å². The highest BCUT2D eigenvalue weighted by atomic mass is 19.1. The second-order valence-electron chi connectivity index (χ2n) is 6.94. The highest BCUT2D eigenvalue weighted by molar-refractivity contribution is 4.90. The number of rotatable bonds is 4. The van der Waals surface area contributed by atoms with E-state index in [1.165, 1.54) is 12.8 Å². The average Bonchev–Trinajstić information content (AvgIpc) is 2.40. The molecule has 0 atom stereocenters. The van der Waals surface area contributed by atoms with Crippen LogP contribution in [0.4, 0.5) is 4.39 Å². The lowest BCUT2D eigenvalue weighted by atomic mass is 9.85. The first kappa shape index (κ1) is 15.2. The Kier molecular flexibility index (Phi) is 5.24. The van der Waals surface area contributed by atoms with Gasteiger partial charge in [-0.1, -0.05) is 20.8 Å². The van der Waals surface area contributed by atoms with Crippen LogP contribution in [0.15, 0.2) is 0 Å². The highest BCUT2D eigenvalue weighted by Crippen LogP contribution is 2.30. The van der Waals surface area contributed by atoms with Crippen molar-refractivity contribution >= 4 is 0 Å². The minimum Gasteiger partial charge on any atom is -0.303 e. The van der Waals surface area contributed by atoms with Crippen molar-refractivity contribution in [2.75, 3.05) is 39.3 Å². The maximum atomic E-state index is 14.9. The van der Waals surface area contributed by atoms with E-state index >= 15 is 0 Å². The van der Waals surface area contributed by atoms with Gasteiger partial charge >= 0.3 is 0 Å². The summed E-state index contributed by atoms with van der Waals surface area (Å²) in [6, 6.07) is 0. The standard InChI is InChI=1S/C16H31FN2/c1-4-18-11-7-16(17,8-12-18)13-19-9-5-15(6-10-19)14(2)3/h14-15H,4-13H2,1-3H3. The summed E-state index contributed by atoms with van der Waals surface area (Å²) in [4.78, 5) is 4.74. The van der Waals surface area contributed by atoms with Crippen LogP contribution in [0.5, 0.6) is 0 Å². The lowest BCUT2D eigenvalue weighted by molar-refractivity contribution is 0.0139. The maximum Gasteiger partial charge on any atom is 0.126 e. The van der Waals surface area contributed by atoms with Crippen molar-refractivity contribution in [3.8, 4) is 0 Å². The third kappa shape index (κ3) is 4.16. The molecule has 2 aliphatic heterocycles. The predicted molar refractivity (Wildman–Crippen MR) is 79.2 cm³/mol. The molecule has 0 aliphatic carbocycles. The molecule has 19 heavy (non-hydrogen) atoms. The molecule has 0 unspecified atom stereocenters. The molecule has 0 aromatic carbocycles. The van der Waals surface area contributed by atoms with Crippen LogP contribution in [0.25, 0.3) is 0 Å². The molecule has 2 saturated heterocycles. The van der Waals surface area contributed by atoms with Crippen LogP contribution >= 0.6 is 0 Å². The van der Waals surface area contributed by atoms with E-state index in [4.69, 9.17) is 0 Å². The Hall–Kier alpha value is -0.150. The third-order valence-electron chi connectivity index (χ3n) is 5.28. The molecular weight excluding hydrogens is 239 g/mol. The van der Waals surface area contributed by atoms with Crippen molar-refractivity contribution in [3.63, 3.8) is 0 Å². The molecule has 2 aliphatic rings. The van der Waals surface area contributed by atoms with Crippen LogP contribution in [0, 0.1) is 11.8 Å². The fourth-order valence-electron chi connectivity index (χ4n) is 3.61. The van der Waals surface area contributed by atoms with Gasteiger partial charge in [-0.3, -0.25) is 0 Å². The summed E-state index contributed by atoms with van der Waals surface area (Å²) in [5, 5.41) is 0. The van der Waals surface area contributed by atoms with E-state index < -0.39 is 5.67 Å². The average molecular weight is 270 g/mol. The highest BCUT2D eigenvalue weighted by Gasteiger charge is 2.36. The predicted octanol–water partition coefficient (Wildman–Crippen LogP) is 3.18. The van der Waals surface area contributed by atoms with Gasteiger partial charge in [0.1, 0.15) is 5.67 Å². The number of hydrogen-bond acceptors (Lipinski definition) is 2. The van der Waals surface area contributed by atoms with E-state index in [1.807, 2.05) is 0 Å². The quantitative estimate of drug-likeness (QED) is 0.774. The fraction of sp³-hybridized carbons (Fsp3) is 1.00. The topological polar surface area (TPSA) is 6.48 Å². The molecule has 0 radical (unpaired) electrons. The van der Waals surface area contributed by atoms with Crippen molar-refractivity contribution in [3.05, 3.63) is 0 Å². The fourth-order valence-corrected chi connectivity index (χ4v) is 3.61. The molecule has 0 bridgehead atoms. The number of hydrogen-bond donors (Lipinski definition) is 0. The van der Waals surface area contributed by atoms with E-state index in [2.05, 4.69) is 30.6 Å². The van der Waals surface area contributed by atoms with E-state index in [0.717, 1.165) is 57.4 Å². The van der Waals surface area contributed by atoms with Gasteiger partial charge in [0.2, 0.25) is 0 Å². The first-order chi connectivity index (χ1) is 9.02. The monoisotopic (exact) mass is 270 g/mol. The molecule has 112 valence electrons. The van der Waals surface area contributed by atoms with Gasteiger partial charge in [-0.05, 0) is 57.2 Å². The van der Waals surface area contributed by atoms with Gasteiger partial charge < -0.3 is 9.80 Å². The van der Waals surface area contributed by atoms with Crippen molar-refractivity contribution in [1.29, 1.82) is 0 Å². The molecule has 3 heteroatoms. The summed E-state index contributed by atoms with van der Waals surface area (Å²) < 4.78 is 14.9. The Morgan fingerprint density at radius 3 is 2.11 bits per heavy atom. The smallest absolute Gasteiger partial charge is 0.126 e. The largest absolute Gasteiger partial charge is 0.303 e. The molecule has 2 rings (SSSR count). The lowest BCUT2D eigenvalue weighted by Crippen LogP contribution is -2.50. The molecule has 0 aromatic rings. The molecule has 2 fully saturated rings. The second kappa shape index (κ2) is 6.53. The number of nitrogens with zero attached hydrogens (tertiary/aromatic N) is 2. The molecule has 2 nitrogen and oxygen atoms in total. The van der Waals surface area contributed by atoms with Gasteiger partial charge in [0.25, 0.3) is 0 Å². The van der Waals surface area contributed by atoms with Crippen LogP contribution in [0.3, 0.4) is 0 Å². The van der Waals surface area contributed by atoms with Gasteiger partial charge in [0.15, 0.2) is 0 Å². The van der Waals surface area contributed by atoms with Gasteiger partial charge in [0, 0.05) is 19.6 Å². The van der Waals surface area contributed by atoms with E-state index in [9.17, 15) is 4.39 Å². The Labute approximate surface area is 118 Å². The van der Waals surface area contributed by atoms with Crippen molar-refractivity contribution in [2.24, 2.45) is 11.8 Å². The van der Waals surface area contributed by atoms with Crippen molar-refractivity contribution in [2.45, 2.75) is 52.1 Å². The van der Waals surface area contributed by atoms with Crippen molar-refractivity contribution in [1.82, 2.24) is 9.80 Å². The Balaban J connectivity index is 1.76. The normalized spacial score (nSPS) is 27.0. The summed E-state index contributed by atoms with van der Waals surface area (Å²) in [6.07, 6.45) is 3.97. The minimum absolute atomic E-state index is 0.676. The lowest BCUT2D eigenvalue weighted by Gasteiger charge is -2.41. The van der Waals surface area contributed by atoms with E-state index in [1.54, 1.807) is 0 Å². The molecule has 0 N–H and O–H groups in total. The van der Waals surface area contributed by atoms with Crippen LogP contribution in [0.1, 0.15) is 46.5 Å². The van der Waals surface area contributed by atoms with Crippen molar-refractivity contribution < 1.29 is 4.39 Å². The summed E-state index contributed by atoms with van der Waals surface area (Å²) >= 11 is 0. The first-order valence-corrected chi connectivity index (χ1v) is 8.16. The Morgan fingerprint density at radius 1 is 1.05 bits per heavy atom. The molecule has 0 spiro atoms. The Bertz CT molecular complexity index is 264. The number of piperidine rings is 2. The SMILES string of the molecule is CCN1CCC(F)(CN2CCC(C(C)C)CC2)CC1. The zero-order valence-corrected chi connectivity index (χ0v) is 13.0. The van der Waals surface area contributed by atoms with Gasteiger partial charge in [-0.2, -0.15) is 0 Å². The molecule has 2 heterocycles. The molecule has 0 aromatic heterocycles.